The monoisotopic (exact) mass is 298 g/mol. The Morgan fingerprint density at radius 3 is 2.48 bits per heavy atom. The van der Waals surface area contributed by atoms with Crippen LogP contribution in [0.4, 0.5) is 5.69 Å². The minimum atomic E-state index is -0.0485. The Morgan fingerprint density at radius 1 is 1.14 bits per heavy atom. The summed E-state index contributed by atoms with van der Waals surface area (Å²) in [6, 6.07) is 13.2. The lowest BCUT2D eigenvalue weighted by Crippen LogP contribution is -2.27. The van der Waals surface area contributed by atoms with Crippen LogP contribution in [0.2, 0.25) is 0 Å². The van der Waals surface area contributed by atoms with Crippen molar-refractivity contribution in [2.24, 2.45) is 5.73 Å². The number of nitrogens with two attached hydrogens (primary N) is 1. The van der Waals surface area contributed by atoms with Crippen LogP contribution in [0.1, 0.15) is 27.0 Å². The first-order valence-electron chi connectivity index (χ1n) is 6.65. The molecule has 3 nitrogen and oxygen atoms in total. The van der Waals surface area contributed by atoms with Gasteiger partial charge >= 0.3 is 0 Å². The van der Waals surface area contributed by atoms with Crippen molar-refractivity contribution in [3.05, 3.63) is 64.7 Å². The number of carbonyl (C=O) groups excluding carboxylic acids is 1. The number of hydrogen-bond donors (Lipinski definition) is 1. The van der Waals surface area contributed by atoms with E-state index < -0.39 is 0 Å². The molecule has 0 aromatic heterocycles. The molecular formula is C17H18N2OS. The van der Waals surface area contributed by atoms with Crippen LogP contribution in [0, 0.1) is 13.8 Å². The predicted octanol–water partition coefficient (Wildman–Crippen LogP) is 3.21. The Labute approximate surface area is 130 Å². The zero-order chi connectivity index (χ0) is 15.6. The van der Waals surface area contributed by atoms with Crippen LogP contribution in [-0.2, 0) is 0 Å². The smallest absolute Gasteiger partial charge is 0.258 e. The summed E-state index contributed by atoms with van der Waals surface area (Å²) < 4.78 is 0. The van der Waals surface area contributed by atoms with Gasteiger partial charge in [-0.05, 0) is 37.6 Å². The van der Waals surface area contributed by atoms with E-state index in [2.05, 4.69) is 0 Å². The van der Waals surface area contributed by atoms with E-state index in [1.54, 1.807) is 11.9 Å². The van der Waals surface area contributed by atoms with Crippen molar-refractivity contribution >= 4 is 28.8 Å². The maximum Gasteiger partial charge on any atom is 0.258 e. The summed E-state index contributed by atoms with van der Waals surface area (Å²) in [4.78, 5) is 14.6. The van der Waals surface area contributed by atoms with Crippen LogP contribution in [0.15, 0.2) is 42.5 Å². The molecule has 108 valence electrons. The van der Waals surface area contributed by atoms with E-state index in [1.165, 1.54) is 0 Å². The van der Waals surface area contributed by atoms with E-state index in [0.717, 1.165) is 22.4 Å². The minimum absolute atomic E-state index is 0.0485. The summed E-state index contributed by atoms with van der Waals surface area (Å²) in [6.45, 7) is 3.95. The van der Waals surface area contributed by atoms with E-state index in [-0.39, 0.29) is 5.91 Å². The average molecular weight is 298 g/mol. The molecule has 0 atom stereocenters. The molecule has 1 amide bonds. The second kappa shape index (κ2) is 6.06. The number of aryl methyl sites for hydroxylation is 2. The number of nitrogens with zero attached hydrogens (tertiary/aromatic N) is 1. The molecule has 0 spiro atoms. The van der Waals surface area contributed by atoms with Gasteiger partial charge in [0.1, 0.15) is 4.99 Å². The number of hydrogen-bond acceptors (Lipinski definition) is 2. The lowest BCUT2D eigenvalue weighted by molar-refractivity contribution is 0.0992. The Hall–Kier alpha value is -2.20. The van der Waals surface area contributed by atoms with Crippen LogP contribution in [0.3, 0.4) is 0 Å². The third-order valence-electron chi connectivity index (χ3n) is 3.43. The molecule has 21 heavy (non-hydrogen) atoms. The first-order chi connectivity index (χ1) is 9.90. The number of rotatable bonds is 3. The van der Waals surface area contributed by atoms with Crippen LogP contribution in [0.25, 0.3) is 0 Å². The van der Waals surface area contributed by atoms with Gasteiger partial charge < -0.3 is 10.6 Å². The van der Waals surface area contributed by atoms with E-state index in [4.69, 9.17) is 18.0 Å². The van der Waals surface area contributed by atoms with E-state index >= 15 is 0 Å². The third-order valence-corrected chi connectivity index (χ3v) is 3.67. The molecule has 0 aliphatic heterocycles. The molecule has 0 aliphatic rings. The Morgan fingerprint density at radius 2 is 1.86 bits per heavy atom. The van der Waals surface area contributed by atoms with Gasteiger partial charge in [0.15, 0.2) is 0 Å². The van der Waals surface area contributed by atoms with E-state index in [9.17, 15) is 4.79 Å². The standard InChI is InChI=1S/C17H18N2OS/c1-11-7-8-15(12(2)9-11)17(20)19(3)14-6-4-5-13(10-14)16(18)21/h4-10H,1-3H3,(H2,18,21). The number of carbonyl (C=O) groups is 1. The highest BCUT2D eigenvalue weighted by Gasteiger charge is 2.16. The van der Waals surface area contributed by atoms with Gasteiger partial charge in [-0.25, -0.2) is 0 Å². The Kier molecular flexibility index (Phi) is 4.38. The van der Waals surface area contributed by atoms with Crippen molar-refractivity contribution in [1.82, 2.24) is 0 Å². The molecule has 0 heterocycles. The molecule has 0 bridgehead atoms. The number of thiocarbonyl (C=S) groups is 1. The highest BCUT2D eigenvalue weighted by Crippen LogP contribution is 2.19. The zero-order valence-electron chi connectivity index (χ0n) is 12.4. The van der Waals surface area contributed by atoms with E-state index in [1.807, 2.05) is 56.3 Å². The average Bonchev–Trinajstić information content (AvgIpc) is 2.46. The highest BCUT2D eigenvalue weighted by molar-refractivity contribution is 7.80. The largest absolute Gasteiger partial charge is 0.389 e. The second-order valence-corrected chi connectivity index (χ2v) is 5.54. The number of anilines is 1. The van der Waals surface area contributed by atoms with Gasteiger partial charge in [-0.3, -0.25) is 4.79 Å². The topological polar surface area (TPSA) is 46.3 Å². The summed E-state index contributed by atoms with van der Waals surface area (Å²) in [7, 11) is 1.75. The zero-order valence-corrected chi connectivity index (χ0v) is 13.2. The first kappa shape index (κ1) is 15.2. The van der Waals surface area contributed by atoms with Gasteiger partial charge in [0.05, 0.1) is 0 Å². The molecule has 0 saturated carbocycles. The van der Waals surface area contributed by atoms with Crippen LogP contribution < -0.4 is 10.6 Å². The fraction of sp³-hybridized carbons (Fsp3) is 0.176. The molecule has 2 aromatic rings. The van der Waals surface area contributed by atoms with Gasteiger partial charge in [-0.2, -0.15) is 0 Å². The molecule has 0 fully saturated rings. The van der Waals surface area contributed by atoms with Crippen LogP contribution in [0.5, 0.6) is 0 Å². The van der Waals surface area contributed by atoms with Crippen LogP contribution >= 0.6 is 12.2 Å². The predicted molar refractivity (Wildman–Crippen MR) is 91.0 cm³/mol. The van der Waals surface area contributed by atoms with Gasteiger partial charge in [0.25, 0.3) is 5.91 Å². The molecule has 0 saturated heterocycles. The molecule has 2 rings (SSSR count). The minimum Gasteiger partial charge on any atom is -0.389 e. The van der Waals surface area contributed by atoms with Crippen molar-refractivity contribution < 1.29 is 4.79 Å². The van der Waals surface area contributed by atoms with Crippen molar-refractivity contribution in [3.8, 4) is 0 Å². The van der Waals surface area contributed by atoms with Crippen LogP contribution in [-0.4, -0.2) is 17.9 Å². The van der Waals surface area contributed by atoms with Crippen molar-refractivity contribution in [2.45, 2.75) is 13.8 Å². The fourth-order valence-corrected chi connectivity index (χ4v) is 2.35. The third kappa shape index (κ3) is 3.28. The molecule has 0 unspecified atom stereocenters. The summed E-state index contributed by atoms with van der Waals surface area (Å²) in [6.07, 6.45) is 0. The normalized spacial score (nSPS) is 10.2. The molecule has 2 N–H and O–H groups in total. The molecule has 4 heteroatoms. The first-order valence-corrected chi connectivity index (χ1v) is 7.06. The Balaban J connectivity index is 2.35. The lowest BCUT2D eigenvalue weighted by atomic mass is 10.0. The molecule has 2 aromatic carbocycles. The summed E-state index contributed by atoms with van der Waals surface area (Å²) in [5.41, 5.74) is 9.97. The number of benzene rings is 2. The Bertz CT molecular complexity index is 710. The quantitative estimate of drug-likeness (QED) is 0.885. The SMILES string of the molecule is Cc1ccc(C(=O)N(C)c2cccc(C(N)=S)c2)c(C)c1. The maximum absolute atomic E-state index is 12.6. The van der Waals surface area contributed by atoms with Gasteiger partial charge in [-0.15, -0.1) is 0 Å². The highest BCUT2D eigenvalue weighted by atomic mass is 32.1. The van der Waals surface area contributed by atoms with Crippen molar-refractivity contribution in [1.29, 1.82) is 0 Å². The summed E-state index contributed by atoms with van der Waals surface area (Å²) in [5, 5.41) is 0. The second-order valence-electron chi connectivity index (χ2n) is 5.10. The fourth-order valence-electron chi connectivity index (χ4n) is 2.22. The number of amides is 1. The molecule has 0 aliphatic carbocycles. The maximum atomic E-state index is 12.6. The van der Waals surface area contributed by atoms with Gasteiger partial charge in [0.2, 0.25) is 0 Å². The summed E-state index contributed by atoms with van der Waals surface area (Å²) in [5.74, 6) is -0.0485. The molecule has 0 radical (unpaired) electrons. The van der Waals surface area contributed by atoms with Crippen molar-refractivity contribution in [2.75, 3.05) is 11.9 Å². The molecular weight excluding hydrogens is 280 g/mol. The van der Waals surface area contributed by atoms with Gasteiger partial charge in [-0.1, -0.05) is 42.0 Å². The van der Waals surface area contributed by atoms with E-state index in [0.29, 0.717) is 10.6 Å². The van der Waals surface area contributed by atoms with Gasteiger partial charge in [0, 0.05) is 23.9 Å². The summed E-state index contributed by atoms with van der Waals surface area (Å²) >= 11 is 4.98. The van der Waals surface area contributed by atoms with Crippen molar-refractivity contribution in [3.63, 3.8) is 0 Å². The lowest BCUT2D eigenvalue weighted by Gasteiger charge is -2.19.